The number of ether oxygens (including phenoxy) is 1. The van der Waals surface area contributed by atoms with Crippen LogP contribution in [0.5, 0.6) is 5.75 Å². The lowest BCUT2D eigenvalue weighted by Crippen LogP contribution is -2.17. The molecule has 0 saturated carbocycles. The average Bonchev–Trinajstić information content (AvgIpc) is 2.16. The summed E-state index contributed by atoms with van der Waals surface area (Å²) in [5.74, 6) is 0.782. The third kappa shape index (κ3) is 4.81. The SMILES string of the molecule is CC(O)COc1ccc(C[C@@H](C)N)cc1. The molecule has 0 spiro atoms. The van der Waals surface area contributed by atoms with Gasteiger partial charge in [0, 0.05) is 6.04 Å². The van der Waals surface area contributed by atoms with E-state index in [9.17, 15) is 0 Å². The molecule has 1 aromatic rings. The first-order chi connectivity index (χ1) is 7.08. The van der Waals surface area contributed by atoms with Gasteiger partial charge >= 0.3 is 0 Å². The smallest absolute Gasteiger partial charge is 0.119 e. The Hall–Kier alpha value is -1.06. The van der Waals surface area contributed by atoms with Gasteiger partial charge in [-0.15, -0.1) is 0 Å². The van der Waals surface area contributed by atoms with Crippen molar-refractivity contribution in [1.82, 2.24) is 0 Å². The first kappa shape index (κ1) is 12.0. The highest BCUT2D eigenvalue weighted by Gasteiger charge is 2.00. The fourth-order valence-corrected chi connectivity index (χ4v) is 1.31. The normalized spacial score (nSPS) is 14.7. The second-order valence-electron chi connectivity index (χ2n) is 3.99. The fourth-order valence-electron chi connectivity index (χ4n) is 1.31. The summed E-state index contributed by atoms with van der Waals surface area (Å²) in [7, 11) is 0. The first-order valence-electron chi connectivity index (χ1n) is 5.23. The summed E-state index contributed by atoms with van der Waals surface area (Å²) in [6.07, 6.45) is 0.435. The molecule has 1 aromatic carbocycles. The summed E-state index contributed by atoms with van der Waals surface area (Å²) in [6.45, 7) is 4.01. The number of benzene rings is 1. The summed E-state index contributed by atoms with van der Waals surface area (Å²) in [4.78, 5) is 0. The molecule has 0 radical (unpaired) electrons. The Morgan fingerprint density at radius 1 is 1.27 bits per heavy atom. The fraction of sp³-hybridized carbons (Fsp3) is 0.500. The number of nitrogens with two attached hydrogens (primary N) is 1. The molecule has 0 heterocycles. The zero-order valence-corrected chi connectivity index (χ0v) is 9.31. The van der Waals surface area contributed by atoms with Gasteiger partial charge in [-0.3, -0.25) is 0 Å². The van der Waals surface area contributed by atoms with Crippen molar-refractivity contribution in [1.29, 1.82) is 0 Å². The molecule has 1 rings (SSSR count). The maximum absolute atomic E-state index is 9.05. The van der Waals surface area contributed by atoms with E-state index in [0.717, 1.165) is 12.2 Å². The molecule has 15 heavy (non-hydrogen) atoms. The molecule has 0 aromatic heterocycles. The zero-order chi connectivity index (χ0) is 11.3. The van der Waals surface area contributed by atoms with E-state index in [0.29, 0.717) is 6.61 Å². The predicted octanol–water partition coefficient (Wildman–Crippen LogP) is 1.34. The molecule has 0 aliphatic carbocycles. The molecule has 0 aliphatic heterocycles. The van der Waals surface area contributed by atoms with Crippen LogP contribution in [0.4, 0.5) is 0 Å². The van der Waals surface area contributed by atoms with Crippen molar-refractivity contribution in [2.75, 3.05) is 6.61 Å². The lowest BCUT2D eigenvalue weighted by molar-refractivity contribution is 0.122. The van der Waals surface area contributed by atoms with Crippen molar-refractivity contribution in [3.63, 3.8) is 0 Å². The monoisotopic (exact) mass is 209 g/mol. The van der Waals surface area contributed by atoms with Crippen molar-refractivity contribution < 1.29 is 9.84 Å². The second-order valence-corrected chi connectivity index (χ2v) is 3.99. The van der Waals surface area contributed by atoms with Gasteiger partial charge in [0.1, 0.15) is 12.4 Å². The molecule has 0 bridgehead atoms. The van der Waals surface area contributed by atoms with Crippen LogP contribution in [0.2, 0.25) is 0 Å². The van der Waals surface area contributed by atoms with Crippen LogP contribution in [0.3, 0.4) is 0 Å². The number of aliphatic hydroxyl groups excluding tert-OH is 1. The van der Waals surface area contributed by atoms with Gasteiger partial charge in [-0.2, -0.15) is 0 Å². The minimum absolute atomic E-state index is 0.175. The lowest BCUT2D eigenvalue weighted by atomic mass is 10.1. The maximum atomic E-state index is 9.05. The third-order valence-corrected chi connectivity index (χ3v) is 1.97. The number of rotatable bonds is 5. The minimum Gasteiger partial charge on any atom is -0.491 e. The van der Waals surface area contributed by atoms with Gasteiger partial charge in [0.15, 0.2) is 0 Å². The van der Waals surface area contributed by atoms with Crippen LogP contribution in [-0.2, 0) is 6.42 Å². The van der Waals surface area contributed by atoms with Crippen LogP contribution in [0.1, 0.15) is 19.4 Å². The second kappa shape index (κ2) is 5.73. The van der Waals surface area contributed by atoms with Crippen molar-refractivity contribution in [3.8, 4) is 5.75 Å². The molecule has 3 nitrogen and oxygen atoms in total. The highest BCUT2D eigenvalue weighted by Crippen LogP contribution is 2.13. The lowest BCUT2D eigenvalue weighted by Gasteiger charge is -2.09. The Bertz CT molecular complexity index is 280. The Kier molecular flexibility index (Phi) is 4.59. The number of aliphatic hydroxyl groups is 1. The molecule has 0 aliphatic rings. The molecule has 0 saturated heterocycles. The van der Waals surface area contributed by atoms with Gasteiger partial charge in [-0.1, -0.05) is 12.1 Å². The topological polar surface area (TPSA) is 55.5 Å². The van der Waals surface area contributed by atoms with E-state index >= 15 is 0 Å². The minimum atomic E-state index is -0.436. The van der Waals surface area contributed by atoms with Crippen molar-refractivity contribution >= 4 is 0 Å². The molecule has 0 amide bonds. The van der Waals surface area contributed by atoms with Crippen molar-refractivity contribution in [2.45, 2.75) is 32.4 Å². The summed E-state index contributed by atoms with van der Waals surface area (Å²) < 4.78 is 5.35. The Morgan fingerprint density at radius 2 is 1.87 bits per heavy atom. The van der Waals surface area contributed by atoms with Gasteiger partial charge < -0.3 is 15.6 Å². The van der Waals surface area contributed by atoms with E-state index in [1.165, 1.54) is 5.56 Å². The molecule has 3 heteroatoms. The largest absolute Gasteiger partial charge is 0.491 e. The third-order valence-electron chi connectivity index (χ3n) is 1.97. The van der Waals surface area contributed by atoms with Crippen LogP contribution >= 0.6 is 0 Å². The average molecular weight is 209 g/mol. The van der Waals surface area contributed by atoms with Crippen molar-refractivity contribution in [2.24, 2.45) is 5.73 Å². The molecular weight excluding hydrogens is 190 g/mol. The zero-order valence-electron chi connectivity index (χ0n) is 9.31. The van der Waals surface area contributed by atoms with Crippen LogP contribution in [0, 0.1) is 0 Å². The summed E-state index contributed by atoms with van der Waals surface area (Å²) in [5.41, 5.74) is 6.90. The van der Waals surface area contributed by atoms with Crippen LogP contribution < -0.4 is 10.5 Å². The van der Waals surface area contributed by atoms with E-state index in [-0.39, 0.29) is 6.04 Å². The summed E-state index contributed by atoms with van der Waals surface area (Å²) >= 11 is 0. The number of hydrogen-bond acceptors (Lipinski definition) is 3. The Balaban J connectivity index is 2.49. The van der Waals surface area contributed by atoms with E-state index in [1.54, 1.807) is 6.92 Å². The van der Waals surface area contributed by atoms with Crippen molar-refractivity contribution in [3.05, 3.63) is 29.8 Å². The highest BCUT2D eigenvalue weighted by atomic mass is 16.5. The summed E-state index contributed by atoms with van der Waals surface area (Å²) in [6, 6.07) is 7.98. The van der Waals surface area contributed by atoms with Gasteiger partial charge in [0.25, 0.3) is 0 Å². The Labute approximate surface area is 90.9 Å². The molecule has 84 valence electrons. The Morgan fingerprint density at radius 3 is 2.33 bits per heavy atom. The van der Waals surface area contributed by atoms with E-state index in [2.05, 4.69) is 0 Å². The maximum Gasteiger partial charge on any atom is 0.119 e. The van der Waals surface area contributed by atoms with Gasteiger partial charge in [0.2, 0.25) is 0 Å². The molecule has 3 N–H and O–H groups in total. The molecule has 0 fully saturated rings. The van der Waals surface area contributed by atoms with Gasteiger partial charge in [-0.05, 0) is 38.0 Å². The van der Waals surface area contributed by atoms with E-state index < -0.39 is 6.10 Å². The van der Waals surface area contributed by atoms with E-state index in [1.807, 2.05) is 31.2 Å². The standard InChI is InChI=1S/C12H19NO2/c1-9(13)7-11-3-5-12(6-4-11)15-8-10(2)14/h3-6,9-10,14H,7-8,13H2,1-2H3/t9-,10?/m1/s1. The van der Waals surface area contributed by atoms with Crippen LogP contribution in [0.15, 0.2) is 24.3 Å². The molecule has 2 atom stereocenters. The van der Waals surface area contributed by atoms with Crippen LogP contribution in [-0.4, -0.2) is 23.9 Å². The van der Waals surface area contributed by atoms with Crippen LogP contribution in [0.25, 0.3) is 0 Å². The van der Waals surface area contributed by atoms with Gasteiger partial charge in [0.05, 0.1) is 6.10 Å². The van der Waals surface area contributed by atoms with Gasteiger partial charge in [-0.25, -0.2) is 0 Å². The van der Waals surface area contributed by atoms with E-state index in [4.69, 9.17) is 15.6 Å². The summed E-state index contributed by atoms with van der Waals surface area (Å²) in [5, 5.41) is 9.05. The number of hydrogen-bond donors (Lipinski definition) is 2. The quantitative estimate of drug-likeness (QED) is 0.769. The molecular formula is C12H19NO2. The predicted molar refractivity (Wildman–Crippen MR) is 61.0 cm³/mol. The first-order valence-corrected chi connectivity index (χ1v) is 5.23. The molecule has 1 unspecified atom stereocenters. The highest BCUT2D eigenvalue weighted by molar-refractivity contribution is 5.27.